The summed E-state index contributed by atoms with van der Waals surface area (Å²) in [5.74, 6) is 2.05. The lowest BCUT2D eigenvalue weighted by atomic mass is 9.99. The Morgan fingerprint density at radius 2 is 2.29 bits per heavy atom. The van der Waals surface area contributed by atoms with Crippen molar-refractivity contribution < 1.29 is 13.9 Å². The molecule has 4 heteroatoms. The maximum absolute atomic E-state index is 6.20. The molecule has 0 bridgehead atoms. The molecule has 0 N–H and O–H groups in total. The first-order valence-corrected chi connectivity index (χ1v) is 7.89. The highest BCUT2D eigenvalue weighted by atomic mass is 16.5. The van der Waals surface area contributed by atoms with E-state index in [1.807, 2.05) is 13.0 Å². The van der Waals surface area contributed by atoms with Crippen molar-refractivity contribution in [1.29, 1.82) is 0 Å². The zero-order chi connectivity index (χ0) is 14.7. The minimum atomic E-state index is 0.247. The van der Waals surface area contributed by atoms with E-state index in [4.69, 9.17) is 13.9 Å². The molecule has 0 saturated carbocycles. The number of hydrogen-bond acceptors (Lipinski definition) is 4. The van der Waals surface area contributed by atoms with Gasteiger partial charge in [0.15, 0.2) is 0 Å². The molecule has 1 aromatic heterocycles. The Morgan fingerprint density at radius 1 is 1.38 bits per heavy atom. The summed E-state index contributed by atoms with van der Waals surface area (Å²) >= 11 is 0. The van der Waals surface area contributed by atoms with Crippen molar-refractivity contribution >= 4 is 0 Å². The smallest absolute Gasteiger partial charge is 0.118 e. The summed E-state index contributed by atoms with van der Waals surface area (Å²) in [6, 6.07) is 4.65. The van der Waals surface area contributed by atoms with E-state index in [0.29, 0.717) is 25.4 Å². The molecule has 0 amide bonds. The van der Waals surface area contributed by atoms with Gasteiger partial charge in [-0.25, -0.2) is 0 Å². The van der Waals surface area contributed by atoms with Crippen LogP contribution in [0.4, 0.5) is 0 Å². The van der Waals surface area contributed by atoms with Crippen LogP contribution in [0.15, 0.2) is 29.2 Å². The van der Waals surface area contributed by atoms with Crippen LogP contribution in [-0.2, 0) is 16.0 Å². The second kappa shape index (κ2) is 6.77. The van der Waals surface area contributed by atoms with E-state index in [1.165, 1.54) is 6.42 Å². The lowest BCUT2D eigenvalue weighted by Gasteiger charge is -2.35. The van der Waals surface area contributed by atoms with E-state index < -0.39 is 0 Å². The highest BCUT2D eigenvalue weighted by Crippen LogP contribution is 2.32. The van der Waals surface area contributed by atoms with Crippen molar-refractivity contribution in [2.75, 3.05) is 19.8 Å². The Balaban J connectivity index is 1.51. The molecule has 2 aliphatic heterocycles. The molecule has 0 aromatic carbocycles. The highest BCUT2D eigenvalue weighted by molar-refractivity contribution is 5.06. The molecule has 0 spiro atoms. The van der Waals surface area contributed by atoms with Gasteiger partial charge in [-0.05, 0) is 38.3 Å². The van der Waals surface area contributed by atoms with Crippen LogP contribution >= 0.6 is 0 Å². The second-order valence-corrected chi connectivity index (χ2v) is 6.04. The van der Waals surface area contributed by atoms with E-state index >= 15 is 0 Å². The summed E-state index contributed by atoms with van der Waals surface area (Å²) < 4.78 is 17.4. The largest absolute Gasteiger partial charge is 0.465 e. The fourth-order valence-corrected chi connectivity index (χ4v) is 3.46. The van der Waals surface area contributed by atoms with Crippen LogP contribution in [-0.4, -0.2) is 42.9 Å². The van der Waals surface area contributed by atoms with E-state index in [9.17, 15) is 0 Å². The number of nitrogens with zero attached hydrogens (tertiary/aromatic N) is 1. The molecule has 116 valence electrons. The van der Waals surface area contributed by atoms with Crippen LogP contribution in [0.2, 0.25) is 0 Å². The van der Waals surface area contributed by atoms with Gasteiger partial charge in [0.2, 0.25) is 0 Å². The van der Waals surface area contributed by atoms with Crippen molar-refractivity contribution in [2.45, 2.75) is 51.0 Å². The topological polar surface area (TPSA) is 34.8 Å². The minimum Gasteiger partial charge on any atom is -0.465 e. The van der Waals surface area contributed by atoms with Crippen LogP contribution in [0.25, 0.3) is 0 Å². The number of furan rings is 1. The molecule has 3 atom stereocenters. The maximum atomic E-state index is 6.20. The number of hydrogen-bond donors (Lipinski definition) is 0. The predicted octanol–water partition coefficient (Wildman–Crippen LogP) is 2.91. The Morgan fingerprint density at radius 3 is 3.05 bits per heavy atom. The van der Waals surface area contributed by atoms with E-state index in [-0.39, 0.29) is 6.10 Å². The van der Waals surface area contributed by atoms with Crippen LogP contribution in [0.5, 0.6) is 0 Å². The monoisotopic (exact) mass is 291 g/mol. The SMILES string of the molecule is C=CCOC[C@H]1CC[C@@H]2[C@@H](CCN2Cc2ccc(C)o2)O1. The molecule has 0 aliphatic carbocycles. The molecule has 3 heterocycles. The van der Waals surface area contributed by atoms with Gasteiger partial charge in [-0.15, -0.1) is 6.58 Å². The normalized spacial score (nSPS) is 29.5. The lowest BCUT2D eigenvalue weighted by molar-refractivity contribution is -0.0975. The first kappa shape index (κ1) is 14.8. The molecule has 1 aromatic rings. The fourth-order valence-electron chi connectivity index (χ4n) is 3.46. The summed E-state index contributed by atoms with van der Waals surface area (Å²) in [4.78, 5) is 2.50. The number of ether oxygens (including phenoxy) is 2. The third-order valence-corrected chi connectivity index (χ3v) is 4.45. The van der Waals surface area contributed by atoms with Gasteiger partial charge in [0.1, 0.15) is 11.5 Å². The van der Waals surface area contributed by atoms with Gasteiger partial charge in [0.25, 0.3) is 0 Å². The molecular weight excluding hydrogens is 266 g/mol. The van der Waals surface area contributed by atoms with Gasteiger partial charge in [-0.1, -0.05) is 6.08 Å². The summed E-state index contributed by atoms with van der Waals surface area (Å²) in [6.45, 7) is 8.95. The molecule has 0 unspecified atom stereocenters. The van der Waals surface area contributed by atoms with Crippen LogP contribution in [0, 0.1) is 6.92 Å². The van der Waals surface area contributed by atoms with Gasteiger partial charge >= 0.3 is 0 Å². The van der Waals surface area contributed by atoms with Gasteiger partial charge in [-0.2, -0.15) is 0 Å². The number of aryl methyl sites for hydroxylation is 1. The van der Waals surface area contributed by atoms with E-state index in [1.54, 1.807) is 6.08 Å². The maximum Gasteiger partial charge on any atom is 0.118 e. The Hall–Kier alpha value is -1.10. The fraction of sp³-hybridized carbons (Fsp3) is 0.647. The zero-order valence-corrected chi connectivity index (χ0v) is 12.8. The Labute approximate surface area is 126 Å². The van der Waals surface area contributed by atoms with Crippen molar-refractivity contribution in [3.8, 4) is 0 Å². The first-order chi connectivity index (χ1) is 10.3. The number of rotatable bonds is 6. The average Bonchev–Trinajstić information content (AvgIpc) is 3.06. The Kier molecular flexibility index (Phi) is 4.78. The lowest BCUT2D eigenvalue weighted by Crippen LogP contribution is -2.43. The van der Waals surface area contributed by atoms with Crippen molar-refractivity contribution in [1.82, 2.24) is 4.90 Å². The van der Waals surface area contributed by atoms with Gasteiger partial charge in [0.05, 0.1) is 32.0 Å². The van der Waals surface area contributed by atoms with Gasteiger partial charge in [0, 0.05) is 12.6 Å². The minimum absolute atomic E-state index is 0.247. The van der Waals surface area contributed by atoms with E-state index in [2.05, 4.69) is 17.5 Å². The predicted molar refractivity (Wildman–Crippen MR) is 81.2 cm³/mol. The van der Waals surface area contributed by atoms with Crippen LogP contribution in [0.3, 0.4) is 0 Å². The molecular formula is C17H25NO3. The molecule has 2 aliphatic rings. The Bertz CT molecular complexity index is 470. The van der Waals surface area contributed by atoms with Crippen molar-refractivity contribution in [3.05, 3.63) is 36.3 Å². The van der Waals surface area contributed by atoms with Gasteiger partial charge in [-0.3, -0.25) is 4.90 Å². The van der Waals surface area contributed by atoms with Crippen molar-refractivity contribution in [3.63, 3.8) is 0 Å². The molecule has 3 rings (SSSR count). The number of likely N-dealkylation sites (tertiary alicyclic amines) is 1. The standard InChI is InChI=1S/C17H25NO3/c1-3-10-19-12-15-6-7-16-17(21-15)8-9-18(16)11-14-5-4-13(2)20-14/h3-5,15-17H,1,6-12H2,2H3/t15-,16-,17-/m1/s1. The molecule has 21 heavy (non-hydrogen) atoms. The molecule has 2 saturated heterocycles. The average molecular weight is 291 g/mol. The van der Waals surface area contributed by atoms with E-state index in [0.717, 1.165) is 37.5 Å². The first-order valence-electron chi connectivity index (χ1n) is 7.89. The molecule has 2 fully saturated rings. The molecule has 4 nitrogen and oxygen atoms in total. The summed E-state index contributed by atoms with van der Waals surface area (Å²) in [6.07, 6.45) is 5.76. The summed E-state index contributed by atoms with van der Waals surface area (Å²) in [5, 5.41) is 0. The summed E-state index contributed by atoms with van der Waals surface area (Å²) in [5.41, 5.74) is 0. The molecule has 0 radical (unpaired) electrons. The third kappa shape index (κ3) is 3.57. The van der Waals surface area contributed by atoms with Crippen LogP contribution < -0.4 is 0 Å². The highest BCUT2D eigenvalue weighted by Gasteiger charge is 2.39. The summed E-state index contributed by atoms with van der Waals surface area (Å²) in [7, 11) is 0. The quantitative estimate of drug-likeness (QED) is 0.596. The van der Waals surface area contributed by atoms with Crippen molar-refractivity contribution in [2.24, 2.45) is 0 Å². The van der Waals surface area contributed by atoms with Crippen LogP contribution in [0.1, 0.15) is 30.8 Å². The number of fused-ring (bicyclic) bond motifs is 1. The second-order valence-electron chi connectivity index (χ2n) is 6.04. The zero-order valence-electron chi connectivity index (χ0n) is 12.8. The van der Waals surface area contributed by atoms with Gasteiger partial charge < -0.3 is 13.9 Å². The third-order valence-electron chi connectivity index (χ3n) is 4.45.